The lowest BCUT2D eigenvalue weighted by Gasteiger charge is -2.32. The number of aryl methyl sites for hydroxylation is 1. The number of carbonyl (C=O) groups excluding carboxylic acids is 3. The highest BCUT2D eigenvalue weighted by atomic mass is 32.2. The highest BCUT2D eigenvalue weighted by Gasteiger charge is 2.41. The predicted octanol–water partition coefficient (Wildman–Crippen LogP) is 3.94. The maximum absolute atomic E-state index is 13.9. The zero-order valence-corrected chi connectivity index (χ0v) is 23.9. The van der Waals surface area contributed by atoms with Crippen molar-refractivity contribution < 1.29 is 22.8 Å². The van der Waals surface area contributed by atoms with Gasteiger partial charge in [0.25, 0.3) is 15.9 Å². The fourth-order valence-corrected chi connectivity index (χ4v) is 6.31. The first-order chi connectivity index (χ1) is 19.1. The van der Waals surface area contributed by atoms with Crippen LogP contribution < -0.4 is 5.32 Å². The van der Waals surface area contributed by atoms with E-state index in [2.05, 4.69) is 5.32 Å². The monoisotopic (exact) mass is 561 g/mol. The Morgan fingerprint density at radius 2 is 1.57 bits per heavy atom. The van der Waals surface area contributed by atoms with Crippen LogP contribution in [0.4, 0.5) is 0 Å². The minimum atomic E-state index is -4.05. The van der Waals surface area contributed by atoms with E-state index in [4.69, 9.17) is 0 Å². The molecule has 1 N–H and O–H groups in total. The van der Waals surface area contributed by atoms with E-state index in [0.717, 1.165) is 21.0 Å². The highest BCUT2D eigenvalue weighted by Crippen LogP contribution is 2.30. The van der Waals surface area contributed by atoms with E-state index in [0.29, 0.717) is 6.54 Å². The minimum absolute atomic E-state index is 0.0563. The maximum Gasteiger partial charge on any atom is 0.269 e. The number of rotatable bonds is 11. The summed E-state index contributed by atoms with van der Waals surface area (Å²) in [6.07, 6.45) is 0.0301. The molecular formula is C31H35N3O5S. The molecule has 4 rings (SSSR count). The number of carbonyl (C=O) groups is 3. The van der Waals surface area contributed by atoms with Gasteiger partial charge in [0.2, 0.25) is 11.8 Å². The van der Waals surface area contributed by atoms with Gasteiger partial charge in [-0.25, -0.2) is 12.7 Å². The van der Waals surface area contributed by atoms with Crippen LogP contribution >= 0.6 is 0 Å². The van der Waals surface area contributed by atoms with Gasteiger partial charge < -0.3 is 10.2 Å². The number of benzene rings is 3. The first-order valence-electron chi connectivity index (χ1n) is 13.4. The van der Waals surface area contributed by atoms with E-state index in [1.807, 2.05) is 75.4 Å². The summed E-state index contributed by atoms with van der Waals surface area (Å²) in [5.74, 6) is -1.13. The van der Waals surface area contributed by atoms with Gasteiger partial charge in [-0.3, -0.25) is 14.4 Å². The lowest BCUT2D eigenvalue weighted by atomic mass is 10.0. The molecule has 0 saturated heterocycles. The van der Waals surface area contributed by atoms with E-state index < -0.39 is 27.9 Å². The number of hydrogen-bond acceptors (Lipinski definition) is 5. The molecule has 0 spiro atoms. The van der Waals surface area contributed by atoms with Crippen molar-refractivity contribution in [3.63, 3.8) is 0 Å². The van der Waals surface area contributed by atoms with E-state index in [1.54, 1.807) is 12.1 Å². The van der Waals surface area contributed by atoms with Crippen LogP contribution in [0.1, 0.15) is 47.3 Å². The Morgan fingerprint density at radius 1 is 0.925 bits per heavy atom. The van der Waals surface area contributed by atoms with Crippen molar-refractivity contribution in [3.05, 3.63) is 101 Å². The summed E-state index contributed by atoms with van der Waals surface area (Å²) in [6.45, 7) is 6.23. The molecule has 1 atom stereocenters. The SMILES string of the molecule is Cc1ccccc1CN(C(=O)CCN1C(=O)c2ccccc2S1(=O)=O)[C@H](Cc1ccccc1)C(=O)NCC(C)C. The molecule has 0 aromatic heterocycles. The predicted molar refractivity (Wildman–Crippen MR) is 153 cm³/mol. The van der Waals surface area contributed by atoms with Crippen molar-refractivity contribution >= 4 is 27.7 Å². The first kappa shape index (κ1) is 29.0. The number of nitrogens with one attached hydrogen (secondary N) is 1. The molecule has 0 aliphatic carbocycles. The van der Waals surface area contributed by atoms with Gasteiger partial charge in [-0.05, 0) is 41.7 Å². The fraction of sp³-hybridized carbons (Fsp3) is 0.323. The van der Waals surface area contributed by atoms with Gasteiger partial charge in [-0.15, -0.1) is 0 Å². The number of fused-ring (bicyclic) bond motifs is 1. The van der Waals surface area contributed by atoms with Crippen LogP contribution in [0.2, 0.25) is 0 Å². The molecule has 3 aromatic carbocycles. The maximum atomic E-state index is 13.9. The summed E-state index contributed by atoms with van der Waals surface area (Å²) in [5, 5.41) is 2.97. The van der Waals surface area contributed by atoms with E-state index in [1.165, 1.54) is 17.0 Å². The summed E-state index contributed by atoms with van der Waals surface area (Å²) in [7, 11) is -4.05. The van der Waals surface area contributed by atoms with Crippen LogP contribution in [0.25, 0.3) is 0 Å². The van der Waals surface area contributed by atoms with Crippen LogP contribution in [0.5, 0.6) is 0 Å². The average molecular weight is 562 g/mol. The Labute approximate surface area is 236 Å². The van der Waals surface area contributed by atoms with Gasteiger partial charge in [0, 0.05) is 32.5 Å². The third kappa shape index (κ3) is 6.42. The lowest BCUT2D eigenvalue weighted by molar-refractivity contribution is -0.141. The van der Waals surface area contributed by atoms with Gasteiger partial charge in [0.1, 0.15) is 10.9 Å². The van der Waals surface area contributed by atoms with Gasteiger partial charge in [0.15, 0.2) is 0 Å². The third-order valence-corrected chi connectivity index (χ3v) is 8.84. The minimum Gasteiger partial charge on any atom is -0.354 e. The van der Waals surface area contributed by atoms with Gasteiger partial charge in [-0.1, -0.05) is 80.6 Å². The fourth-order valence-electron chi connectivity index (χ4n) is 4.74. The molecule has 1 heterocycles. The zero-order chi connectivity index (χ0) is 28.9. The Bertz CT molecular complexity index is 1490. The Morgan fingerprint density at radius 3 is 2.25 bits per heavy atom. The largest absolute Gasteiger partial charge is 0.354 e. The molecule has 9 heteroatoms. The quantitative estimate of drug-likeness (QED) is 0.382. The molecule has 1 aliphatic heterocycles. The number of sulfonamides is 1. The topological polar surface area (TPSA) is 104 Å². The van der Waals surface area contributed by atoms with Crippen molar-refractivity contribution in [2.24, 2.45) is 5.92 Å². The van der Waals surface area contributed by atoms with Crippen molar-refractivity contribution in [2.45, 2.75) is 51.1 Å². The average Bonchev–Trinajstić information content (AvgIpc) is 3.13. The molecule has 0 fully saturated rings. The summed E-state index contributed by atoms with van der Waals surface area (Å²) in [5.41, 5.74) is 2.83. The van der Waals surface area contributed by atoms with Gasteiger partial charge >= 0.3 is 0 Å². The van der Waals surface area contributed by atoms with Crippen molar-refractivity contribution in [1.29, 1.82) is 0 Å². The summed E-state index contributed by atoms with van der Waals surface area (Å²) < 4.78 is 26.9. The van der Waals surface area contributed by atoms with E-state index in [9.17, 15) is 22.8 Å². The lowest BCUT2D eigenvalue weighted by Crippen LogP contribution is -2.51. The molecule has 0 bridgehead atoms. The summed E-state index contributed by atoms with van der Waals surface area (Å²) >= 11 is 0. The van der Waals surface area contributed by atoms with E-state index >= 15 is 0 Å². The Balaban J connectivity index is 1.64. The summed E-state index contributed by atoms with van der Waals surface area (Å²) in [6, 6.07) is 22.3. The van der Waals surface area contributed by atoms with Gasteiger partial charge in [-0.2, -0.15) is 0 Å². The standard InChI is InChI=1S/C31H35N3O5S/c1-22(2)20-32-30(36)27(19-24-12-5-4-6-13-24)33(21-25-14-8-7-11-23(25)3)29(35)17-18-34-31(37)26-15-9-10-16-28(26)40(34,38)39/h4-16,22,27H,17-21H2,1-3H3,(H,32,36)/t27-/m1/s1. The molecule has 0 unspecified atom stereocenters. The van der Waals surface area contributed by atoms with Crippen LogP contribution in [0, 0.1) is 12.8 Å². The molecule has 1 aliphatic rings. The normalized spacial score (nSPS) is 14.6. The van der Waals surface area contributed by atoms with Crippen molar-refractivity contribution in [1.82, 2.24) is 14.5 Å². The molecule has 3 amide bonds. The third-order valence-electron chi connectivity index (χ3n) is 7.00. The van der Waals surface area contributed by atoms with Crippen LogP contribution in [-0.4, -0.2) is 54.5 Å². The number of hydrogen-bond donors (Lipinski definition) is 1. The molecule has 8 nitrogen and oxygen atoms in total. The summed E-state index contributed by atoms with van der Waals surface area (Å²) in [4.78, 5) is 41.8. The zero-order valence-electron chi connectivity index (χ0n) is 23.0. The Kier molecular flexibility index (Phi) is 9.04. The molecule has 3 aromatic rings. The van der Waals surface area contributed by atoms with Crippen molar-refractivity contribution in [2.75, 3.05) is 13.1 Å². The van der Waals surface area contributed by atoms with Crippen LogP contribution in [0.15, 0.2) is 83.8 Å². The molecule has 0 radical (unpaired) electrons. The first-order valence-corrected chi connectivity index (χ1v) is 14.8. The molecule has 40 heavy (non-hydrogen) atoms. The smallest absolute Gasteiger partial charge is 0.269 e. The van der Waals surface area contributed by atoms with Crippen LogP contribution in [0.3, 0.4) is 0 Å². The highest BCUT2D eigenvalue weighted by molar-refractivity contribution is 7.90. The molecule has 0 saturated carbocycles. The second kappa shape index (κ2) is 12.5. The van der Waals surface area contributed by atoms with Crippen molar-refractivity contribution in [3.8, 4) is 0 Å². The molecular weight excluding hydrogens is 526 g/mol. The second-order valence-electron chi connectivity index (χ2n) is 10.4. The number of nitrogens with zero attached hydrogens (tertiary/aromatic N) is 2. The second-order valence-corrected chi connectivity index (χ2v) is 12.3. The Hall–Kier alpha value is -3.98. The van der Waals surface area contributed by atoms with E-state index in [-0.39, 0.29) is 48.2 Å². The number of amides is 3. The van der Waals surface area contributed by atoms with Crippen LogP contribution in [-0.2, 0) is 32.6 Å². The van der Waals surface area contributed by atoms with Gasteiger partial charge in [0.05, 0.1) is 5.56 Å². The molecule has 210 valence electrons.